The minimum Gasteiger partial charge on any atom is -0.478 e. The quantitative estimate of drug-likeness (QED) is 0.882. The Hall–Kier alpha value is -1.88. The third-order valence-electron chi connectivity index (χ3n) is 3.83. The van der Waals surface area contributed by atoms with E-state index in [1.807, 2.05) is 5.38 Å². The first kappa shape index (κ1) is 14.1. The number of carbonyl (C=O) groups is 1. The Labute approximate surface area is 127 Å². The van der Waals surface area contributed by atoms with E-state index in [4.69, 9.17) is 5.11 Å². The minimum atomic E-state index is -0.915. The number of carboxylic acid groups (broad SMARTS) is 1. The van der Waals surface area contributed by atoms with Gasteiger partial charge >= 0.3 is 5.97 Å². The molecule has 4 nitrogen and oxygen atoms in total. The third kappa shape index (κ3) is 3.08. The first-order valence-electron chi connectivity index (χ1n) is 7.17. The molecule has 0 saturated carbocycles. The second-order valence-electron chi connectivity index (χ2n) is 5.36. The summed E-state index contributed by atoms with van der Waals surface area (Å²) < 4.78 is 2.31. The van der Waals surface area contributed by atoms with Crippen molar-refractivity contribution in [1.29, 1.82) is 0 Å². The Morgan fingerprint density at radius 2 is 2.29 bits per heavy atom. The number of nitrogens with zero attached hydrogens (tertiary/aromatic N) is 2. The van der Waals surface area contributed by atoms with E-state index >= 15 is 0 Å². The minimum absolute atomic E-state index is 0.833. The molecule has 5 heteroatoms. The Balaban J connectivity index is 1.81. The fourth-order valence-corrected chi connectivity index (χ4v) is 3.68. The summed E-state index contributed by atoms with van der Waals surface area (Å²) >= 11 is 1.67. The number of aliphatic carboxylic acids is 1. The zero-order valence-corrected chi connectivity index (χ0v) is 12.8. The summed E-state index contributed by atoms with van der Waals surface area (Å²) in [6, 6.07) is 2.05. The smallest absolute Gasteiger partial charge is 0.328 e. The largest absolute Gasteiger partial charge is 0.478 e. The number of imidazole rings is 1. The summed E-state index contributed by atoms with van der Waals surface area (Å²) in [6.07, 6.45) is 7.52. The fraction of sp³-hybridized carbons (Fsp3) is 0.375. The Bertz CT molecular complexity index is 697. The van der Waals surface area contributed by atoms with E-state index in [2.05, 4.69) is 22.5 Å². The maximum absolute atomic E-state index is 10.5. The van der Waals surface area contributed by atoms with E-state index in [1.54, 1.807) is 17.4 Å². The second-order valence-corrected chi connectivity index (χ2v) is 6.36. The van der Waals surface area contributed by atoms with Crippen LogP contribution in [0.2, 0.25) is 0 Å². The molecular formula is C16H18N2O2S. The molecule has 110 valence electrons. The number of rotatable bonds is 4. The molecule has 1 aliphatic rings. The van der Waals surface area contributed by atoms with Crippen molar-refractivity contribution < 1.29 is 9.90 Å². The van der Waals surface area contributed by atoms with Crippen LogP contribution in [0.25, 0.3) is 6.08 Å². The molecule has 1 N–H and O–H groups in total. The van der Waals surface area contributed by atoms with Crippen LogP contribution < -0.4 is 0 Å². The van der Waals surface area contributed by atoms with E-state index in [9.17, 15) is 4.79 Å². The molecule has 1 aliphatic carbocycles. The number of thiophene rings is 1. The SMILES string of the molecule is Cc1nc2c(n1Cc1cc(/C=C/C(=O)O)cs1)CCCC2. The highest BCUT2D eigenvalue weighted by molar-refractivity contribution is 7.10. The van der Waals surface area contributed by atoms with Crippen molar-refractivity contribution in [2.75, 3.05) is 0 Å². The Morgan fingerprint density at radius 1 is 1.48 bits per heavy atom. The van der Waals surface area contributed by atoms with E-state index in [0.717, 1.165) is 30.8 Å². The number of carboxylic acids is 1. The van der Waals surface area contributed by atoms with Crippen LogP contribution in [-0.4, -0.2) is 20.6 Å². The van der Waals surface area contributed by atoms with Crippen molar-refractivity contribution in [1.82, 2.24) is 9.55 Å². The van der Waals surface area contributed by atoms with Gasteiger partial charge in [-0.2, -0.15) is 0 Å². The van der Waals surface area contributed by atoms with Crippen molar-refractivity contribution in [3.05, 3.63) is 45.2 Å². The molecule has 0 bridgehead atoms. The normalized spacial score (nSPS) is 14.5. The van der Waals surface area contributed by atoms with Gasteiger partial charge in [0, 0.05) is 16.6 Å². The molecule has 3 rings (SSSR count). The van der Waals surface area contributed by atoms with Gasteiger partial charge in [0.25, 0.3) is 0 Å². The van der Waals surface area contributed by atoms with Crippen LogP contribution in [0.4, 0.5) is 0 Å². The van der Waals surface area contributed by atoms with Crippen LogP contribution >= 0.6 is 11.3 Å². The van der Waals surface area contributed by atoms with Gasteiger partial charge < -0.3 is 9.67 Å². The van der Waals surface area contributed by atoms with Crippen molar-refractivity contribution >= 4 is 23.4 Å². The van der Waals surface area contributed by atoms with Gasteiger partial charge in [-0.1, -0.05) is 0 Å². The molecule has 0 aliphatic heterocycles. The van der Waals surface area contributed by atoms with Crippen LogP contribution in [-0.2, 0) is 24.2 Å². The second kappa shape index (κ2) is 5.85. The maximum Gasteiger partial charge on any atom is 0.328 e. The monoisotopic (exact) mass is 302 g/mol. The number of hydrogen-bond donors (Lipinski definition) is 1. The molecule has 0 aromatic carbocycles. The van der Waals surface area contributed by atoms with Crippen molar-refractivity contribution in [2.24, 2.45) is 0 Å². The van der Waals surface area contributed by atoms with Gasteiger partial charge in [-0.05, 0) is 55.7 Å². The third-order valence-corrected chi connectivity index (χ3v) is 4.77. The van der Waals surface area contributed by atoms with Crippen LogP contribution in [0.1, 0.15) is 40.5 Å². The molecule has 2 aromatic heterocycles. The maximum atomic E-state index is 10.5. The van der Waals surface area contributed by atoms with Gasteiger partial charge in [0.05, 0.1) is 12.2 Å². The first-order chi connectivity index (χ1) is 10.1. The topological polar surface area (TPSA) is 55.1 Å². The lowest BCUT2D eigenvalue weighted by atomic mass is 10.0. The molecule has 21 heavy (non-hydrogen) atoms. The van der Waals surface area contributed by atoms with Crippen molar-refractivity contribution in [3.8, 4) is 0 Å². The molecular weight excluding hydrogens is 284 g/mol. The first-order valence-corrected chi connectivity index (χ1v) is 8.05. The van der Waals surface area contributed by atoms with E-state index in [1.165, 1.54) is 35.2 Å². The molecule has 2 aromatic rings. The predicted molar refractivity (Wildman–Crippen MR) is 83.7 cm³/mol. The predicted octanol–water partition coefficient (Wildman–Crippen LogP) is 3.28. The van der Waals surface area contributed by atoms with Gasteiger partial charge in [-0.25, -0.2) is 9.78 Å². The zero-order chi connectivity index (χ0) is 14.8. The van der Waals surface area contributed by atoms with E-state index in [0.29, 0.717) is 0 Å². The van der Waals surface area contributed by atoms with Crippen LogP contribution in [0.5, 0.6) is 0 Å². The van der Waals surface area contributed by atoms with Gasteiger partial charge in [0.1, 0.15) is 5.82 Å². The Morgan fingerprint density at radius 3 is 3.10 bits per heavy atom. The summed E-state index contributed by atoms with van der Waals surface area (Å²) in [5, 5.41) is 10.7. The molecule has 0 spiro atoms. The molecule has 0 radical (unpaired) electrons. The summed E-state index contributed by atoms with van der Waals surface area (Å²) in [5.74, 6) is 0.167. The standard InChI is InChI=1S/C16H18N2O2S/c1-11-17-14-4-2-3-5-15(14)18(11)9-13-8-12(10-21-13)6-7-16(19)20/h6-8,10H,2-5,9H2,1H3,(H,19,20)/b7-6+. The lowest BCUT2D eigenvalue weighted by Crippen LogP contribution is -2.09. The average Bonchev–Trinajstić information content (AvgIpc) is 3.02. The fourth-order valence-electron chi connectivity index (χ4n) is 2.84. The highest BCUT2D eigenvalue weighted by Crippen LogP contribution is 2.25. The van der Waals surface area contributed by atoms with Gasteiger partial charge in [-0.15, -0.1) is 11.3 Å². The highest BCUT2D eigenvalue weighted by atomic mass is 32.1. The van der Waals surface area contributed by atoms with E-state index in [-0.39, 0.29) is 0 Å². The van der Waals surface area contributed by atoms with Crippen LogP contribution in [0, 0.1) is 6.92 Å². The molecule has 0 saturated heterocycles. The lowest BCUT2D eigenvalue weighted by molar-refractivity contribution is -0.131. The van der Waals surface area contributed by atoms with Crippen LogP contribution in [0.15, 0.2) is 17.5 Å². The van der Waals surface area contributed by atoms with Gasteiger partial charge in [0.15, 0.2) is 0 Å². The summed E-state index contributed by atoms with van der Waals surface area (Å²) in [5.41, 5.74) is 3.60. The van der Waals surface area contributed by atoms with Crippen molar-refractivity contribution in [3.63, 3.8) is 0 Å². The zero-order valence-electron chi connectivity index (χ0n) is 12.0. The van der Waals surface area contributed by atoms with E-state index < -0.39 is 5.97 Å². The average molecular weight is 302 g/mol. The number of aryl methyl sites for hydroxylation is 2. The summed E-state index contributed by atoms with van der Waals surface area (Å²) in [7, 11) is 0. The molecule has 0 atom stereocenters. The number of hydrogen-bond acceptors (Lipinski definition) is 3. The highest BCUT2D eigenvalue weighted by Gasteiger charge is 2.18. The molecule has 0 unspecified atom stereocenters. The summed E-state index contributed by atoms with van der Waals surface area (Å²) in [6.45, 7) is 2.90. The number of aromatic nitrogens is 2. The lowest BCUT2D eigenvalue weighted by Gasteiger charge is -2.14. The molecule has 2 heterocycles. The van der Waals surface area contributed by atoms with Gasteiger partial charge in [0.2, 0.25) is 0 Å². The van der Waals surface area contributed by atoms with Gasteiger partial charge in [-0.3, -0.25) is 0 Å². The van der Waals surface area contributed by atoms with Crippen molar-refractivity contribution in [2.45, 2.75) is 39.2 Å². The molecule has 0 fully saturated rings. The number of fused-ring (bicyclic) bond motifs is 1. The summed E-state index contributed by atoms with van der Waals surface area (Å²) in [4.78, 5) is 16.5. The Kier molecular flexibility index (Phi) is 3.92. The molecule has 0 amide bonds. The van der Waals surface area contributed by atoms with Crippen LogP contribution in [0.3, 0.4) is 0 Å².